The zero-order chi connectivity index (χ0) is 22.8. The van der Waals surface area contributed by atoms with E-state index in [0.29, 0.717) is 35.6 Å². The number of Topliss-reactive ketones (excluding diaryl/α,β-unsaturated/α-hetero) is 1. The lowest BCUT2D eigenvalue weighted by Gasteiger charge is -2.37. The Bertz CT molecular complexity index is 1150. The van der Waals surface area contributed by atoms with Gasteiger partial charge in [-0.25, -0.2) is 4.79 Å². The van der Waals surface area contributed by atoms with Crippen molar-refractivity contribution in [2.75, 3.05) is 20.2 Å². The van der Waals surface area contributed by atoms with Crippen LogP contribution in [-0.4, -0.2) is 41.8 Å². The number of esters is 1. The van der Waals surface area contributed by atoms with Gasteiger partial charge in [0.15, 0.2) is 5.78 Å². The number of hydrogen-bond donors (Lipinski definition) is 1. The maximum Gasteiger partial charge on any atom is 0.336 e. The number of ketones is 1. The number of nitro groups is 1. The van der Waals surface area contributed by atoms with Gasteiger partial charge in [-0.3, -0.25) is 19.8 Å². The lowest BCUT2D eigenvalue weighted by atomic mass is 9.77. The van der Waals surface area contributed by atoms with E-state index in [1.807, 2.05) is 35.2 Å². The van der Waals surface area contributed by atoms with E-state index in [1.165, 1.54) is 19.2 Å². The van der Waals surface area contributed by atoms with E-state index >= 15 is 0 Å². The van der Waals surface area contributed by atoms with Gasteiger partial charge in [-0.05, 0) is 18.1 Å². The monoisotopic (exact) mass is 433 g/mol. The number of allylic oxidation sites excluding steroid dienone is 1. The summed E-state index contributed by atoms with van der Waals surface area (Å²) in [5.74, 6) is -1.43. The fourth-order valence-electron chi connectivity index (χ4n) is 4.40. The van der Waals surface area contributed by atoms with Gasteiger partial charge in [-0.15, -0.1) is 0 Å². The average Bonchev–Trinajstić information content (AvgIpc) is 2.78. The van der Waals surface area contributed by atoms with Gasteiger partial charge in [-0.1, -0.05) is 42.5 Å². The van der Waals surface area contributed by atoms with Crippen LogP contribution in [0.3, 0.4) is 0 Å². The molecule has 0 bridgehead atoms. The summed E-state index contributed by atoms with van der Waals surface area (Å²) in [4.78, 5) is 38.9. The molecule has 0 spiro atoms. The summed E-state index contributed by atoms with van der Waals surface area (Å²) in [5.41, 5.74) is 3.53. The van der Waals surface area contributed by atoms with Crippen LogP contribution in [0, 0.1) is 10.1 Å². The first-order valence-electron chi connectivity index (χ1n) is 10.2. The molecule has 8 heteroatoms. The number of nitrogens with one attached hydrogen (secondary N) is 1. The molecule has 0 saturated carbocycles. The van der Waals surface area contributed by atoms with E-state index in [0.717, 1.165) is 5.56 Å². The molecule has 2 aliphatic heterocycles. The highest BCUT2D eigenvalue weighted by Crippen LogP contribution is 2.41. The highest BCUT2D eigenvalue weighted by Gasteiger charge is 2.40. The molecular formula is C24H23N3O5. The minimum atomic E-state index is -0.732. The summed E-state index contributed by atoms with van der Waals surface area (Å²) in [6, 6.07) is 15.9. The first-order chi connectivity index (χ1) is 15.4. The van der Waals surface area contributed by atoms with E-state index in [-0.39, 0.29) is 23.6 Å². The first kappa shape index (κ1) is 21.5. The Hall–Kier alpha value is -3.78. The van der Waals surface area contributed by atoms with Gasteiger partial charge in [0.25, 0.3) is 5.69 Å². The van der Waals surface area contributed by atoms with E-state index in [1.54, 1.807) is 19.1 Å². The van der Waals surface area contributed by atoms with Crippen LogP contribution < -0.4 is 5.32 Å². The SMILES string of the molecule is COC(=O)C1=C(C)NC2=C(C(=O)CN(Cc3ccccc3)C2)C1c1cccc([N+](=O)[O-])c1. The number of benzene rings is 2. The van der Waals surface area contributed by atoms with Crippen molar-refractivity contribution in [1.29, 1.82) is 0 Å². The maximum atomic E-state index is 13.3. The van der Waals surface area contributed by atoms with Crippen LogP contribution in [0.4, 0.5) is 5.69 Å². The van der Waals surface area contributed by atoms with Crippen molar-refractivity contribution in [3.8, 4) is 0 Å². The van der Waals surface area contributed by atoms with Crippen molar-refractivity contribution in [1.82, 2.24) is 10.2 Å². The van der Waals surface area contributed by atoms with Gasteiger partial charge < -0.3 is 10.1 Å². The van der Waals surface area contributed by atoms with Crippen LogP contribution in [0.5, 0.6) is 0 Å². The molecule has 8 nitrogen and oxygen atoms in total. The number of nitrogens with zero attached hydrogens (tertiary/aromatic N) is 2. The number of nitro benzene ring substituents is 1. The number of rotatable bonds is 5. The highest BCUT2D eigenvalue weighted by molar-refractivity contribution is 6.04. The third-order valence-corrected chi connectivity index (χ3v) is 5.76. The molecule has 2 aromatic rings. The number of carbonyl (C=O) groups excluding carboxylic acids is 2. The topological polar surface area (TPSA) is 102 Å². The second-order valence-corrected chi connectivity index (χ2v) is 7.89. The minimum absolute atomic E-state index is 0.0981. The first-order valence-corrected chi connectivity index (χ1v) is 10.2. The molecule has 4 rings (SSSR count). The summed E-state index contributed by atoms with van der Waals surface area (Å²) in [7, 11) is 1.28. The predicted octanol–water partition coefficient (Wildman–Crippen LogP) is 3.07. The molecule has 164 valence electrons. The number of carbonyl (C=O) groups is 2. The third-order valence-electron chi connectivity index (χ3n) is 5.76. The van der Waals surface area contributed by atoms with E-state index in [2.05, 4.69) is 5.32 Å². The Labute approximate surface area is 185 Å². The fourth-order valence-corrected chi connectivity index (χ4v) is 4.40. The average molecular weight is 433 g/mol. The number of methoxy groups -OCH3 is 1. The molecule has 0 fully saturated rings. The normalized spacial score (nSPS) is 18.8. The lowest BCUT2D eigenvalue weighted by molar-refractivity contribution is -0.384. The molecule has 1 unspecified atom stereocenters. The van der Waals surface area contributed by atoms with Crippen molar-refractivity contribution < 1.29 is 19.2 Å². The summed E-state index contributed by atoms with van der Waals surface area (Å²) >= 11 is 0. The van der Waals surface area contributed by atoms with Gasteiger partial charge in [0.05, 0.1) is 24.2 Å². The van der Waals surface area contributed by atoms with Crippen LogP contribution in [0.15, 0.2) is 77.1 Å². The molecule has 1 N–H and O–H groups in total. The molecule has 0 saturated heterocycles. The van der Waals surface area contributed by atoms with E-state index < -0.39 is 16.8 Å². The van der Waals surface area contributed by atoms with Crippen LogP contribution in [0.2, 0.25) is 0 Å². The Morgan fingerprint density at radius 1 is 1.19 bits per heavy atom. The number of dihydropyridines is 1. The molecule has 2 aromatic carbocycles. The van der Waals surface area contributed by atoms with Crippen molar-refractivity contribution >= 4 is 17.4 Å². The van der Waals surface area contributed by atoms with Gasteiger partial charge >= 0.3 is 5.97 Å². The van der Waals surface area contributed by atoms with Gasteiger partial charge in [0.1, 0.15) is 0 Å². The molecule has 2 heterocycles. The molecule has 32 heavy (non-hydrogen) atoms. The Morgan fingerprint density at radius 3 is 2.62 bits per heavy atom. The Morgan fingerprint density at radius 2 is 1.94 bits per heavy atom. The Kier molecular flexibility index (Phi) is 5.87. The van der Waals surface area contributed by atoms with Gasteiger partial charge in [0.2, 0.25) is 0 Å². The van der Waals surface area contributed by atoms with Crippen LogP contribution in [0.1, 0.15) is 24.0 Å². The van der Waals surface area contributed by atoms with Crippen molar-refractivity contribution in [2.45, 2.75) is 19.4 Å². The summed E-state index contributed by atoms with van der Waals surface area (Å²) in [5, 5.41) is 14.6. The number of non-ortho nitro benzene ring substituents is 1. The van der Waals surface area contributed by atoms with E-state index in [9.17, 15) is 19.7 Å². The smallest absolute Gasteiger partial charge is 0.336 e. The number of hydrogen-bond acceptors (Lipinski definition) is 7. The molecule has 0 aromatic heterocycles. The van der Waals surface area contributed by atoms with Gasteiger partial charge in [-0.2, -0.15) is 0 Å². The second kappa shape index (κ2) is 8.76. The fraction of sp³-hybridized carbons (Fsp3) is 0.250. The predicted molar refractivity (Wildman–Crippen MR) is 117 cm³/mol. The zero-order valence-electron chi connectivity index (χ0n) is 17.8. The van der Waals surface area contributed by atoms with Crippen LogP contribution in [-0.2, 0) is 20.9 Å². The zero-order valence-corrected chi connectivity index (χ0v) is 17.8. The van der Waals surface area contributed by atoms with Crippen LogP contribution in [0.25, 0.3) is 0 Å². The second-order valence-electron chi connectivity index (χ2n) is 7.89. The Balaban J connectivity index is 1.76. The summed E-state index contributed by atoms with van der Waals surface area (Å²) in [6.45, 7) is 3.04. The van der Waals surface area contributed by atoms with Crippen molar-refractivity contribution in [3.05, 3.63) is 98.4 Å². The molecule has 0 amide bonds. The molecule has 0 aliphatic carbocycles. The molecule has 0 radical (unpaired) electrons. The molecular weight excluding hydrogens is 410 g/mol. The molecule has 1 atom stereocenters. The largest absolute Gasteiger partial charge is 0.466 e. The quantitative estimate of drug-likeness (QED) is 0.439. The molecule has 2 aliphatic rings. The maximum absolute atomic E-state index is 13.3. The third kappa shape index (κ3) is 4.04. The van der Waals surface area contributed by atoms with Crippen molar-refractivity contribution in [2.24, 2.45) is 0 Å². The number of ether oxygens (including phenoxy) is 1. The lowest BCUT2D eigenvalue weighted by Crippen LogP contribution is -2.45. The van der Waals surface area contributed by atoms with Gasteiger partial charge in [0, 0.05) is 48.1 Å². The van der Waals surface area contributed by atoms with E-state index in [4.69, 9.17) is 4.74 Å². The standard InChI is InChI=1S/C24H23N3O5/c1-15-21(24(29)32-2)22(17-9-6-10-18(11-17)27(30)31)23-19(25-15)13-26(14-20(23)28)12-16-7-4-3-5-8-16/h3-11,22,25H,12-14H2,1-2H3. The summed E-state index contributed by atoms with van der Waals surface area (Å²) in [6.07, 6.45) is 0. The summed E-state index contributed by atoms with van der Waals surface area (Å²) < 4.78 is 4.99. The van der Waals surface area contributed by atoms with Crippen LogP contribution >= 0.6 is 0 Å². The van der Waals surface area contributed by atoms with Crippen molar-refractivity contribution in [3.63, 3.8) is 0 Å². The minimum Gasteiger partial charge on any atom is -0.466 e. The highest BCUT2D eigenvalue weighted by atomic mass is 16.6.